The number of nitrogens with two attached hydrogens (primary N) is 1. The quantitative estimate of drug-likeness (QED) is 0.529. The summed E-state index contributed by atoms with van der Waals surface area (Å²) in [6, 6.07) is 0. The number of anilines is 1. The van der Waals surface area contributed by atoms with Crippen molar-refractivity contribution >= 4 is 35.3 Å². The highest BCUT2D eigenvalue weighted by Gasteiger charge is 2.26. The Balaban J connectivity index is 2.21. The fourth-order valence-corrected chi connectivity index (χ4v) is 5.50. The van der Waals surface area contributed by atoms with Gasteiger partial charge in [-0.25, -0.2) is 15.0 Å². The molecule has 0 aliphatic heterocycles. The lowest BCUT2D eigenvalue weighted by molar-refractivity contribution is -0.188. The largest absolute Gasteiger partial charge is 0.801 e. The minimum atomic E-state index is -3.14. The van der Waals surface area contributed by atoms with Gasteiger partial charge in [-0.2, -0.15) is 0 Å². The monoisotopic (exact) mass is 444 g/mol. The van der Waals surface area contributed by atoms with Gasteiger partial charge < -0.3 is 25.0 Å². The van der Waals surface area contributed by atoms with E-state index < -0.39 is 18.8 Å². The average Bonchev–Trinajstić information content (AvgIpc) is 3.00. The molecule has 0 fully saturated rings. The minimum absolute atomic E-state index is 0.0744. The maximum Gasteiger partial charge on any atom is 0.167 e. The average molecular weight is 445 g/mol. The lowest BCUT2D eigenvalue weighted by atomic mass is 9.89. The van der Waals surface area contributed by atoms with Gasteiger partial charge in [0.2, 0.25) is 0 Å². The SMILES string of the molecule is CC(C)CP([O-])(=S)OC[C@@H](CC(C)(C)C)O[C@H](CO)n1cnc2c(N)ncnc21. The highest BCUT2D eigenvalue weighted by atomic mass is 32.5. The van der Waals surface area contributed by atoms with Crippen molar-refractivity contribution in [3.63, 3.8) is 0 Å². The van der Waals surface area contributed by atoms with Crippen molar-refractivity contribution in [2.24, 2.45) is 11.3 Å². The first-order chi connectivity index (χ1) is 13.4. The van der Waals surface area contributed by atoms with Crippen molar-refractivity contribution in [1.82, 2.24) is 19.5 Å². The number of aromatic nitrogens is 4. The van der Waals surface area contributed by atoms with E-state index in [4.69, 9.17) is 26.8 Å². The Morgan fingerprint density at radius 1 is 1.31 bits per heavy atom. The van der Waals surface area contributed by atoms with Gasteiger partial charge in [-0.3, -0.25) is 4.57 Å². The number of aliphatic hydroxyl groups excluding tert-OH is 1. The molecule has 0 saturated carbocycles. The van der Waals surface area contributed by atoms with Gasteiger partial charge in [0, 0.05) is 0 Å². The van der Waals surface area contributed by atoms with Gasteiger partial charge in [0.25, 0.3) is 0 Å². The Kier molecular flexibility index (Phi) is 8.12. The molecule has 0 spiro atoms. The van der Waals surface area contributed by atoms with Crippen molar-refractivity contribution in [3.8, 4) is 0 Å². The normalized spacial score (nSPS) is 16.8. The molecule has 0 aromatic carbocycles. The van der Waals surface area contributed by atoms with Crippen LogP contribution in [0.2, 0.25) is 0 Å². The van der Waals surface area contributed by atoms with Crippen LogP contribution in [0.25, 0.3) is 11.2 Å². The zero-order valence-electron chi connectivity index (χ0n) is 17.6. The van der Waals surface area contributed by atoms with Crippen LogP contribution >= 0.6 is 6.49 Å². The molecule has 0 bridgehead atoms. The molecule has 29 heavy (non-hydrogen) atoms. The smallest absolute Gasteiger partial charge is 0.167 e. The number of imidazole rings is 1. The molecule has 0 amide bonds. The second kappa shape index (κ2) is 9.76. The van der Waals surface area contributed by atoms with E-state index in [1.54, 1.807) is 4.57 Å². The van der Waals surface area contributed by atoms with E-state index in [1.165, 1.54) is 12.7 Å². The van der Waals surface area contributed by atoms with Gasteiger partial charge in [-0.15, -0.1) is 0 Å². The summed E-state index contributed by atoms with van der Waals surface area (Å²) in [7, 11) is 0. The zero-order chi connectivity index (χ0) is 21.8. The first-order valence-corrected chi connectivity index (χ1v) is 12.4. The molecule has 2 aromatic heterocycles. The van der Waals surface area contributed by atoms with Crippen LogP contribution in [0, 0.1) is 11.3 Å². The van der Waals surface area contributed by atoms with Crippen molar-refractivity contribution in [2.75, 3.05) is 25.1 Å². The summed E-state index contributed by atoms with van der Waals surface area (Å²) >= 11 is 5.16. The lowest BCUT2D eigenvalue weighted by Gasteiger charge is -2.34. The van der Waals surface area contributed by atoms with Crippen molar-refractivity contribution in [1.29, 1.82) is 0 Å². The molecule has 2 heterocycles. The summed E-state index contributed by atoms with van der Waals surface area (Å²) in [5.41, 5.74) is 6.65. The molecule has 164 valence electrons. The summed E-state index contributed by atoms with van der Waals surface area (Å²) in [4.78, 5) is 24.9. The Labute approximate surface area is 176 Å². The molecular formula is C18H31N5O4PS-. The Morgan fingerprint density at radius 3 is 2.59 bits per heavy atom. The summed E-state index contributed by atoms with van der Waals surface area (Å²) in [5, 5.41) is 9.96. The molecule has 3 atom stereocenters. The third-order valence-electron chi connectivity index (χ3n) is 4.09. The van der Waals surface area contributed by atoms with Crippen LogP contribution in [-0.2, 0) is 21.1 Å². The molecule has 3 N–H and O–H groups in total. The second-order valence-corrected chi connectivity index (χ2v) is 12.2. The van der Waals surface area contributed by atoms with Gasteiger partial charge in [0.15, 0.2) is 17.7 Å². The van der Waals surface area contributed by atoms with Crippen molar-refractivity contribution in [3.05, 3.63) is 12.7 Å². The Morgan fingerprint density at radius 2 is 2.00 bits per heavy atom. The highest BCUT2D eigenvalue weighted by molar-refractivity contribution is 8.08. The molecule has 0 saturated heterocycles. The van der Waals surface area contributed by atoms with Gasteiger partial charge in [0.1, 0.15) is 11.8 Å². The highest BCUT2D eigenvalue weighted by Crippen LogP contribution is 2.40. The fraction of sp³-hybridized carbons (Fsp3) is 0.722. The van der Waals surface area contributed by atoms with E-state index in [0.717, 1.165) is 0 Å². The van der Waals surface area contributed by atoms with Crippen LogP contribution < -0.4 is 10.6 Å². The summed E-state index contributed by atoms with van der Waals surface area (Å²) in [6.45, 7) is 6.73. The number of nitrogen functional groups attached to an aromatic ring is 1. The number of rotatable bonds is 10. The van der Waals surface area contributed by atoms with Gasteiger partial charge in [-0.05, 0) is 30.4 Å². The number of ether oxygens (including phenoxy) is 1. The second-order valence-electron chi connectivity index (χ2n) is 8.73. The van der Waals surface area contributed by atoms with E-state index in [1.807, 2.05) is 13.8 Å². The molecule has 2 aromatic rings. The summed E-state index contributed by atoms with van der Waals surface area (Å²) in [6.07, 6.45) is 2.58. The zero-order valence-corrected chi connectivity index (χ0v) is 19.3. The standard InChI is InChI=1S/C18H32N5O4PS/c1-12(2)9-28(25,29)26-8-13(6-18(3,4)5)27-14(7-24)23-11-22-15-16(19)20-10-21-17(15)23/h10-14,24H,6-9H2,1-5H3,(H,25,29)(H2,19,20,21)/p-1/t13-,14-,28?/m1/s1. The van der Waals surface area contributed by atoms with Crippen LogP contribution in [0.15, 0.2) is 12.7 Å². The van der Waals surface area contributed by atoms with Crippen molar-refractivity contribution < 1.29 is 19.3 Å². The van der Waals surface area contributed by atoms with Crippen LogP contribution in [-0.4, -0.2) is 50.1 Å². The maximum atomic E-state index is 12.5. The predicted molar refractivity (Wildman–Crippen MR) is 115 cm³/mol. The minimum Gasteiger partial charge on any atom is -0.801 e. The summed E-state index contributed by atoms with van der Waals surface area (Å²) < 4.78 is 13.4. The molecule has 0 radical (unpaired) electrons. The first kappa shape index (κ1) is 24.1. The van der Waals surface area contributed by atoms with Crippen LogP contribution in [0.1, 0.15) is 47.3 Å². The van der Waals surface area contributed by atoms with E-state index in [9.17, 15) is 10.00 Å². The lowest BCUT2D eigenvalue weighted by Crippen LogP contribution is -2.31. The van der Waals surface area contributed by atoms with E-state index in [2.05, 4.69) is 35.7 Å². The number of hydrogen-bond acceptors (Lipinski definition) is 9. The molecular weight excluding hydrogens is 413 g/mol. The van der Waals surface area contributed by atoms with Crippen LogP contribution in [0.3, 0.4) is 0 Å². The van der Waals surface area contributed by atoms with Crippen molar-refractivity contribution in [2.45, 2.75) is 53.4 Å². The van der Waals surface area contributed by atoms with E-state index >= 15 is 0 Å². The molecule has 2 rings (SSSR count). The molecule has 0 aliphatic carbocycles. The predicted octanol–water partition coefficient (Wildman–Crippen LogP) is 2.06. The molecule has 11 heteroatoms. The number of aliphatic hydroxyl groups is 1. The maximum absolute atomic E-state index is 12.5. The first-order valence-electron chi connectivity index (χ1n) is 9.56. The Hall–Kier alpha value is -1.16. The number of nitrogens with zero attached hydrogens (tertiary/aromatic N) is 4. The summed E-state index contributed by atoms with van der Waals surface area (Å²) in [5.74, 6) is 0.425. The topological polar surface area (TPSA) is 131 Å². The number of hydrogen-bond donors (Lipinski definition) is 2. The van der Waals surface area contributed by atoms with Gasteiger partial charge >= 0.3 is 0 Å². The Bertz CT molecular complexity index is 854. The fourth-order valence-electron chi connectivity index (χ4n) is 3.03. The van der Waals surface area contributed by atoms with E-state index in [0.29, 0.717) is 23.7 Å². The van der Waals surface area contributed by atoms with E-state index in [-0.39, 0.29) is 30.4 Å². The van der Waals surface area contributed by atoms with Crippen LogP contribution in [0.4, 0.5) is 5.82 Å². The van der Waals surface area contributed by atoms with Gasteiger partial charge in [0.05, 0.1) is 25.6 Å². The molecule has 9 nitrogen and oxygen atoms in total. The third kappa shape index (κ3) is 7.24. The molecule has 0 aliphatic rings. The third-order valence-corrected chi connectivity index (χ3v) is 6.57. The van der Waals surface area contributed by atoms with Crippen LogP contribution in [0.5, 0.6) is 0 Å². The van der Waals surface area contributed by atoms with Gasteiger partial charge in [-0.1, -0.05) is 46.4 Å². The molecule has 1 unspecified atom stereocenters. The number of fused-ring (bicyclic) bond motifs is 1.